The van der Waals surface area contributed by atoms with Crippen LogP contribution in [0.25, 0.3) is 0 Å². The van der Waals surface area contributed by atoms with E-state index in [0.717, 1.165) is 5.70 Å². The fourth-order valence-corrected chi connectivity index (χ4v) is 3.05. The van der Waals surface area contributed by atoms with Crippen LogP contribution in [0.2, 0.25) is 0 Å². The number of hydrogen-bond donors (Lipinski definition) is 2. The molecule has 4 rings (SSSR count). The van der Waals surface area contributed by atoms with Crippen LogP contribution in [0.5, 0.6) is 0 Å². The summed E-state index contributed by atoms with van der Waals surface area (Å²) in [5, 5.41) is 16.2. The summed E-state index contributed by atoms with van der Waals surface area (Å²) in [6.45, 7) is 0. The van der Waals surface area contributed by atoms with E-state index >= 15 is 0 Å². The topological polar surface area (TPSA) is 90.8 Å². The highest BCUT2D eigenvalue weighted by Crippen LogP contribution is 2.32. The van der Waals surface area contributed by atoms with Gasteiger partial charge in [-0.05, 0) is 36.4 Å². The van der Waals surface area contributed by atoms with Crippen LogP contribution in [0.1, 0.15) is 10.4 Å². The number of carbonyl (C=O) groups excluding carboxylic acids is 1. The summed E-state index contributed by atoms with van der Waals surface area (Å²) in [4.78, 5) is 25.3. The number of para-hydroxylation sites is 1. The fourth-order valence-electron chi connectivity index (χ4n) is 3.05. The lowest BCUT2D eigenvalue weighted by Crippen LogP contribution is -2.38. The second-order valence-corrected chi connectivity index (χ2v) is 6.30. The molecule has 2 aliphatic heterocycles. The number of benzene rings is 2. The van der Waals surface area contributed by atoms with Gasteiger partial charge in [-0.25, -0.2) is 0 Å². The molecule has 0 bridgehead atoms. The fraction of sp³-hybridized carbons (Fsp3) is 0.0500. The molecule has 0 aromatic heterocycles. The zero-order chi connectivity index (χ0) is 19.7. The zero-order valence-electron chi connectivity index (χ0n) is 15.0. The third-order valence-electron chi connectivity index (χ3n) is 4.37. The number of fused-ring (bicyclic) bond motifs is 1. The van der Waals surface area contributed by atoms with Crippen LogP contribution in [0.4, 0.5) is 17.1 Å². The van der Waals surface area contributed by atoms with Crippen molar-refractivity contribution in [3.63, 3.8) is 0 Å². The average Bonchev–Trinajstić information content (AvgIpc) is 3.12. The van der Waals surface area contributed by atoms with E-state index in [1.54, 1.807) is 35.4 Å². The molecule has 2 N–H and O–H groups in total. The van der Waals surface area contributed by atoms with Crippen molar-refractivity contribution in [3.05, 3.63) is 100 Å². The van der Waals surface area contributed by atoms with Crippen LogP contribution in [-0.2, 0) is 0 Å². The Morgan fingerprint density at radius 3 is 2.68 bits per heavy atom. The molecule has 2 heterocycles. The van der Waals surface area contributed by atoms with Gasteiger partial charge in [-0.2, -0.15) is 0 Å². The van der Waals surface area contributed by atoms with Gasteiger partial charge in [-0.1, -0.05) is 18.2 Å². The van der Waals surface area contributed by atoms with Crippen LogP contribution in [0, 0.1) is 10.1 Å². The molecular weight excluding hydrogens is 358 g/mol. The van der Waals surface area contributed by atoms with Gasteiger partial charge in [0.1, 0.15) is 5.82 Å². The molecule has 2 aromatic rings. The van der Waals surface area contributed by atoms with Gasteiger partial charge in [0.25, 0.3) is 11.6 Å². The maximum absolute atomic E-state index is 13.2. The summed E-state index contributed by atoms with van der Waals surface area (Å²) in [5.41, 5.74) is 5.49. The lowest BCUT2D eigenvalue weighted by Gasteiger charge is -2.32. The number of hydrogen-bond acceptors (Lipinski definition) is 6. The number of amides is 1. The van der Waals surface area contributed by atoms with E-state index in [2.05, 4.69) is 10.7 Å². The van der Waals surface area contributed by atoms with Crippen LogP contribution < -0.4 is 15.6 Å². The van der Waals surface area contributed by atoms with Crippen molar-refractivity contribution in [2.45, 2.75) is 0 Å². The van der Waals surface area contributed by atoms with Crippen molar-refractivity contribution in [1.29, 1.82) is 0 Å². The van der Waals surface area contributed by atoms with Crippen LogP contribution >= 0.6 is 0 Å². The van der Waals surface area contributed by atoms with Crippen LogP contribution in [0.15, 0.2) is 84.5 Å². The van der Waals surface area contributed by atoms with E-state index in [-0.39, 0.29) is 11.6 Å². The summed E-state index contributed by atoms with van der Waals surface area (Å²) in [5.74, 6) is 0.244. The smallest absolute Gasteiger partial charge is 0.271 e. The van der Waals surface area contributed by atoms with Gasteiger partial charge in [0, 0.05) is 25.4 Å². The molecule has 0 unspecified atom stereocenters. The first-order valence-electron chi connectivity index (χ1n) is 8.57. The molecule has 140 valence electrons. The van der Waals surface area contributed by atoms with E-state index in [0.29, 0.717) is 22.8 Å². The number of anilines is 2. The summed E-state index contributed by atoms with van der Waals surface area (Å²) in [6.07, 6.45) is 7.36. The maximum atomic E-state index is 13.2. The van der Waals surface area contributed by atoms with Gasteiger partial charge in [0.2, 0.25) is 0 Å². The van der Waals surface area contributed by atoms with Crippen molar-refractivity contribution in [2.24, 2.45) is 0 Å². The number of nitrogens with one attached hydrogen (secondary N) is 2. The number of allylic oxidation sites excluding steroid dienone is 3. The summed E-state index contributed by atoms with van der Waals surface area (Å²) in [7, 11) is 1.87. The largest absolute Gasteiger partial charge is 0.341 e. The Bertz CT molecular complexity index is 1060. The Morgan fingerprint density at radius 2 is 1.93 bits per heavy atom. The lowest BCUT2D eigenvalue weighted by molar-refractivity contribution is -0.384. The van der Waals surface area contributed by atoms with E-state index in [1.165, 1.54) is 17.0 Å². The van der Waals surface area contributed by atoms with Gasteiger partial charge in [0.05, 0.1) is 27.6 Å². The minimum Gasteiger partial charge on any atom is -0.341 e. The normalized spacial score (nSPS) is 18.2. The Balaban J connectivity index is 1.80. The predicted molar refractivity (Wildman–Crippen MR) is 106 cm³/mol. The Kier molecular flexibility index (Phi) is 4.29. The average molecular weight is 375 g/mol. The number of hydrazine groups is 1. The van der Waals surface area contributed by atoms with Crippen molar-refractivity contribution in [1.82, 2.24) is 10.4 Å². The monoisotopic (exact) mass is 375 g/mol. The molecule has 0 aliphatic carbocycles. The third-order valence-corrected chi connectivity index (χ3v) is 4.37. The molecule has 0 fully saturated rings. The highest BCUT2D eigenvalue weighted by atomic mass is 16.6. The summed E-state index contributed by atoms with van der Waals surface area (Å²) in [6, 6.07) is 13.2. The molecule has 8 heteroatoms. The first kappa shape index (κ1) is 17.3. The highest BCUT2D eigenvalue weighted by molar-refractivity contribution is 6.14. The van der Waals surface area contributed by atoms with Crippen molar-refractivity contribution >= 4 is 23.0 Å². The molecule has 0 radical (unpaired) electrons. The second-order valence-electron chi connectivity index (χ2n) is 6.30. The third kappa shape index (κ3) is 3.18. The molecular formula is C20H17N5O3. The maximum Gasteiger partial charge on any atom is 0.271 e. The number of carbonyl (C=O) groups is 1. The van der Waals surface area contributed by atoms with E-state index in [9.17, 15) is 14.9 Å². The molecule has 0 atom stereocenters. The SMILES string of the molecule is CN1C=CC(=CC=C2Nc3ccccc3C(=O)N2c2cccc([N+](=O)[O-])c2)N1. The summed E-state index contributed by atoms with van der Waals surface area (Å²) < 4.78 is 0. The molecule has 2 aliphatic rings. The molecule has 0 saturated carbocycles. The second kappa shape index (κ2) is 6.92. The predicted octanol–water partition coefficient (Wildman–Crippen LogP) is 3.36. The van der Waals surface area contributed by atoms with Gasteiger partial charge in [-0.3, -0.25) is 30.2 Å². The van der Waals surface area contributed by atoms with Crippen molar-refractivity contribution in [2.75, 3.05) is 17.3 Å². The lowest BCUT2D eigenvalue weighted by atomic mass is 10.1. The van der Waals surface area contributed by atoms with Gasteiger partial charge in [-0.15, -0.1) is 0 Å². The number of rotatable bonds is 3. The molecule has 2 aromatic carbocycles. The molecule has 28 heavy (non-hydrogen) atoms. The summed E-state index contributed by atoms with van der Waals surface area (Å²) >= 11 is 0. The standard InChI is InChI=1S/C20H17N5O3/c1-23-12-11-14(22-23)9-10-19-21-18-8-3-2-7-17(18)20(26)24(19)15-5-4-6-16(13-15)25(27)28/h2-13,21-22H,1H3. The minimum atomic E-state index is -0.478. The molecule has 1 amide bonds. The highest BCUT2D eigenvalue weighted by Gasteiger charge is 2.29. The quantitative estimate of drug-likeness (QED) is 0.632. The number of nitro benzene ring substituents is 1. The number of nitrogens with zero attached hydrogens (tertiary/aromatic N) is 3. The van der Waals surface area contributed by atoms with Gasteiger partial charge >= 0.3 is 0 Å². The van der Waals surface area contributed by atoms with Crippen LogP contribution in [-0.4, -0.2) is 22.9 Å². The van der Waals surface area contributed by atoms with Crippen LogP contribution in [0.3, 0.4) is 0 Å². The Labute approximate surface area is 161 Å². The first-order valence-corrected chi connectivity index (χ1v) is 8.57. The molecule has 0 spiro atoms. The number of non-ortho nitro benzene ring substituents is 1. The Morgan fingerprint density at radius 1 is 1.11 bits per heavy atom. The zero-order valence-corrected chi connectivity index (χ0v) is 15.0. The Hall–Kier alpha value is -4.07. The molecule has 8 nitrogen and oxygen atoms in total. The van der Waals surface area contributed by atoms with E-state index < -0.39 is 4.92 Å². The van der Waals surface area contributed by atoms with E-state index in [1.807, 2.05) is 37.5 Å². The first-order chi connectivity index (χ1) is 13.5. The number of nitro groups is 1. The van der Waals surface area contributed by atoms with E-state index in [4.69, 9.17) is 0 Å². The minimum absolute atomic E-state index is 0.0797. The van der Waals surface area contributed by atoms with Crippen molar-refractivity contribution < 1.29 is 9.72 Å². The molecule has 0 saturated heterocycles. The van der Waals surface area contributed by atoms with Gasteiger partial charge < -0.3 is 5.32 Å². The van der Waals surface area contributed by atoms with Crippen molar-refractivity contribution in [3.8, 4) is 0 Å². The van der Waals surface area contributed by atoms with Gasteiger partial charge in [0.15, 0.2) is 0 Å².